The number of nitrogens with two attached hydrogens (primary N) is 1. The van der Waals surface area contributed by atoms with Crippen LogP contribution in [-0.2, 0) is 17.1 Å². The van der Waals surface area contributed by atoms with Crippen LogP contribution in [-0.4, -0.2) is 43.3 Å². The second-order valence-electron chi connectivity index (χ2n) is 8.19. The van der Waals surface area contributed by atoms with Gasteiger partial charge in [-0.15, -0.1) is 10.2 Å². The zero-order chi connectivity index (χ0) is 23.5. The summed E-state index contributed by atoms with van der Waals surface area (Å²) in [6.45, 7) is 1.66. The van der Waals surface area contributed by atoms with E-state index in [1.54, 1.807) is 18.2 Å². The summed E-state index contributed by atoms with van der Waals surface area (Å²) in [7, 11) is 0. The predicted molar refractivity (Wildman–Crippen MR) is 132 cm³/mol. The van der Waals surface area contributed by atoms with E-state index in [0.717, 1.165) is 37.6 Å². The van der Waals surface area contributed by atoms with Crippen LogP contribution in [0.2, 0.25) is 0 Å². The molecule has 0 spiro atoms. The predicted octanol–water partition coefficient (Wildman–Crippen LogP) is 2.75. The number of anilines is 1. The summed E-state index contributed by atoms with van der Waals surface area (Å²) in [5.74, 6) is 1.02. The van der Waals surface area contributed by atoms with Crippen molar-refractivity contribution in [1.29, 1.82) is 0 Å². The number of carbonyl (C=O) groups excluding carboxylic acids is 1. The van der Waals surface area contributed by atoms with Crippen LogP contribution in [0.15, 0.2) is 64.5 Å². The number of carbonyl (C=O) groups is 1. The average molecular weight is 476 g/mol. The molecule has 2 N–H and O–H groups in total. The highest BCUT2D eigenvalue weighted by Gasteiger charge is 2.22. The number of piperidine rings is 1. The van der Waals surface area contributed by atoms with Crippen molar-refractivity contribution in [1.82, 2.24) is 24.3 Å². The maximum atomic E-state index is 13.1. The Hall–Kier alpha value is -3.66. The number of fused-ring (bicyclic) bond motifs is 1. The van der Waals surface area contributed by atoms with Crippen molar-refractivity contribution in [3.05, 3.63) is 70.8 Å². The van der Waals surface area contributed by atoms with Gasteiger partial charge in [0.2, 0.25) is 11.9 Å². The minimum atomic E-state index is -0.592. The minimum Gasteiger partial charge on any atom is -0.368 e. The first kappa shape index (κ1) is 22.1. The second-order valence-corrected chi connectivity index (χ2v) is 9.14. The third kappa shape index (κ3) is 4.41. The normalized spacial score (nSPS) is 13.9. The maximum Gasteiger partial charge on any atom is 0.261 e. The average Bonchev–Trinajstić information content (AvgIpc) is 3.29. The summed E-state index contributed by atoms with van der Waals surface area (Å²) in [6.07, 6.45) is 3.48. The lowest BCUT2D eigenvalue weighted by molar-refractivity contribution is -0.118. The van der Waals surface area contributed by atoms with Crippen LogP contribution < -0.4 is 16.2 Å². The number of benzene rings is 2. The molecule has 0 aliphatic carbocycles. The van der Waals surface area contributed by atoms with Gasteiger partial charge < -0.3 is 10.6 Å². The van der Waals surface area contributed by atoms with Crippen LogP contribution in [0.5, 0.6) is 0 Å². The molecule has 1 saturated heterocycles. The molecule has 0 radical (unpaired) electrons. The molecule has 2 aromatic heterocycles. The van der Waals surface area contributed by atoms with Crippen LogP contribution in [0.3, 0.4) is 0 Å². The Balaban J connectivity index is 1.53. The maximum absolute atomic E-state index is 13.1. The number of rotatable bonds is 7. The van der Waals surface area contributed by atoms with Gasteiger partial charge in [-0.05, 0) is 43.5 Å². The molecule has 2 aromatic carbocycles. The molecule has 3 heterocycles. The fraction of sp³-hybridized carbons (Fsp3) is 0.292. The molecule has 0 saturated carbocycles. The molecular weight excluding hydrogens is 450 g/mol. The SMILES string of the molecule is NC(=O)Cn1c(CSc2nnc(N3CCCCC3)n2-c2ccccc2)nc2ccccc2c1=O. The molecule has 0 atom stereocenters. The first-order valence-electron chi connectivity index (χ1n) is 11.3. The monoisotopic (exact) mass is 475 g/mol. The van der Waals surface area contributed by atoms with Crippen LogP contribution in [0, 0.1) is 0 Å². The van der Waals surface area contributed by atoms with Gasteiger partial charge in [-0.2, -0.15) is 0 Å². The highest BCUT2D eigenvalue weighted by Crippen LogP contribution is 2.30. The lowest BCUT2D eigenvalue weighted by atomic mass is 10.1. The molecule has 0 bridgehead atoms. The van der Waals surface area contributed by atoms with E-state index in [0.29, 0.717) is 27.6 Å². The molecule has 1 aliphatic rings. The van der Waals surface area contributed by atoms with E-state index in [4.69, 9.17) is 5.73 Å². The molecule has 34 heavy (non-hydrogen) atoms. The third-order valence-electron chi connectivity index (χ3n) is 5.85. The van der Waals surface area contributed by atoms with E-state index in [9.17, 15) is 9.59 Å². The Labute approximate surface area is 200 Å². The van der Waals surface area contributed by atoms with Gasteiger partial charge >= 0.3 is 0 Å². The third-order valence-corrected chi connectivity index (χ3v) is 6.78. The van der Waals surface area contributed by atoms with Gasteiger partial charge in [0.25, 0.3) is 5.56 Å². The Morgan fingerprint density at radius 2 is 1.71 bits per heavy atom. The fourth-order valence-electron chi connectivity index (χ4n) is 4.23. The van der Waals surface area contributed by atoms with Crippen molar-refractivity contribution in [3.8, 4) is 5.69 Å². The van der Waals surface area contributed by atoms with Gasteiger partial charge in [0.05, 0.1) is 22.3 Å². The van der Waals surface area contributed by atoms with E-state index in [2.05, 4.69) is 20.1 Å². The van der Waals surface area contributed by atoms with Gasteiger partial charge in [-0.3, -0.25) is 18.7 Å². The number of aromatic nitrogens is 5. The first-order chi connectivity index (χ1) is 16.6. The largest absolute Gasteiger partial charge is 0.368 e. The van der Waals surface area contributed by atoms with Crippen molar-refractivity contribution in [2.24, 2.45) is 5.73 Å². The standard InChI is InChI=1S/C24H25N7O2S/c25-20(32)15-30-21(26-19-12-6-5-11-18(19)22(30)33)16-34-24-28-27-23(29-13-7-2-8-14-29)31(24)17-9-3-1-4-10-17/h1,3-6,9-12H,2,7-8,13-16H2,(H2,25,32). The summed E-state index contributed by atoms with van der Waals surface area (Å²) in [6, 6.07) is 17.1. The Morgan fingerprint density at radius 3 is 2.47 bits per heavy atom. The molecule has 1 aliphatic heterocycles. The zero-order valence-electron chi connectivity index (χ0n) is 18.6. The Morgan fingerprint density at radius 1 is 0.971 bits per heavy atom. The van der Waals surface area contributed by atoms with Crippen LogP contribution in [0.1, 0.15) is 25.1 Å². The van der Waals surface area contributed by atoms with E-state index in [1.807, 2.05) is 41.0 Å². The zero-order valence-corrected chi connectivity index (χ0v) is 19.4. The Bertz CT molecular complexity index is 1380. The molecular formula is C24H25N7O2S. The number of hydrogen-bond donors (Lipinski definition) is 1. The number of nitrogens with zero attached hydrogens (tertiary/aromatic N) is 6. The Kier molecular flexibility index (Phi) is 6.31. The van der Waals surface area contributed by atoms with Gasteiger partial charge in [0.1, 0.15) is 12.4 Å². The number of thioether (sulfide) groups is 1. The number of primary amides is 1. The topological polar surface area (TPSA) is 112 Å². The van der Waals surface area contributed by atoms with Crippen molar-refractivity contribution in [3.63, 3.8) is 0 Å². The van der Waals surface area contributed by atoms with Gasteiger partial charge in [-0.25, -0.2) is 4.98 Å². The van der Waals surface area contributed by atoms with Gasteiger partial charge in [0, 0.05) is 13.1 Å². The molecule has 4 aromatic rings. The number of para-hydroxylation sites is 2. The summed E-state index contributed by atoms with van der Waals surface area (Å²) < 4.78 is 3.40. The highest BCUT2D eigenvalue weighted by atomic mass is 32.2. The van der Waals surface area contributed by atoms with Gasteiger partial charge in [-0.1, -0.05) is 42.1 Å². The lowest BCUT2D eigenvalue weighted by Gasteiger charge is -2.27. The summed E-state index contributed by atoms with van der Waals surface area (Å²) in [5.41, 5.74) is 6.71. The highest BCUT2D eigenvalue weighted by molar-refractivity contribution is 7.98. The summed E-state index contributed by atoms with van der Waals surface area (Å²) in [5, 5.41) is 10.2. The number of amides is 1. The molecule has 1 fully saturated rings. The van der Waals surface area contributed by atoms with Crippen molar-refractivity contribution in [2.45, 2.75) is 36.7 Å². The quantitative estimate of drug-likeness (QED) is 0.409. The first-order valence-corrected chi connectivity index (χ1v) is 12.3. The molecule has 1 amide bonds. The molecule has 9 nitrogen and oxygen atoms in total. The van der Waals surface area contributed by atoms with E-state index < -0.39 is 5.91 Å². The van der Waals surface area contributed by atoms with Crippen LogP contribution in [0.25, 0.3) is 16.6 Å². The van der Waals surface area contributed by atoms with Crippen LogP contribution >= 0.6 is 11.8 Å². The minimum absolute atomic E-state index is 0.225. The second kappa shape index (κ2) is 9.68. The summed E-state index contributed by atoms with van der Waals surface area (Å²) >= 11 is 1.43. The van der Waals surface area contributed by atoms with Gasteiger partial charge in [0.15, 0.2) is 5.16 Å². The lowest BCUT2D eigenvalue weighted by Crippen LogP contribution is -2.32. The van der Waals surface area contributed by atoms with E-state index >= 15 is 0 Å². The molecule has 174 valence electrons. The summed E-state index contributed by atoms with van der Waals surface area (Å²) in [4.78, 5) is 31.7. The van der Waals surface area contributed by atoms with Crippen molar-refractivity contribution < 1.29 is 4.79 Å². The smallest absolute Gasteiger partial charge is 0.261 e. The fourth-order valence-corrected chi connectivity index (χ4v) is 5.12. The van der Waals surface area contributed by atoms with Crippen molar-refractivity contribution in [2.75, 3.05) is 18.0 Å². The molecule has 5 rings (SSSR count). The van der Waals surface area contributed by atoms with Crippen molar-refractivity contribution >= 4 is 34.5 Å². The molecule has 10 heteroatoms. The van der Waals surface area contributed by atoms with E-state index in [-0.39, 0.29) is 12.1 Å². The number of hydrogen-bond acceptors (Lipinski definition) is 7. The molecule has 0 unspecified atom stereocenters. The van der Waals surface area contributed by atoms with E-state index in [1.165, 1.54) is 22.7 Å². The van der Waals surface area contributed by atoms with Crippen LogP contribution in [0.4, 0.5) is 5.95 Å².